The molecule has 0 heterocycles. The number of methoxy groups -OCH3 is 1. The van der Waals surface area contributed by atoms with Crippen LogP contribution in [0.5, 0.6) is 5.75 Å². The Bertz CT molecular complexity index is 604. The van der Waals surface area contributed by atoms with Gasteiger partial charge < -0.3 is 10.5 Å². The normalized spacial score (nSPS) is 16.2. The molecule has 1 fully saturated rings. The van der Waals surface area contributed by atoms with Crippen molar-refractivity contribution in [1.82, 2.24) is 4.72 Å². The molecule has 0 spiro atoms. The van der Waals surface area contributed by atoms with E-state index in [0.717, 1.165) is 12.8 Å². The zero-order valence-corrected chi connectivity index (χ0v) is 14.3. The second-order valence-corrected chi connectivity index (χ2v) is 7.14. The van der Waals surface area contributed by atoms with E-state index in [0.29, 0.717) is 23.8 Å². The molecule has 1 atom stereocenters. The van der Waals surface area contributed by atoms with Crippen LogP contribution in [0.3, 0.4) is 0 Å². The molecule has 1 aliphatic rings. The number of hydrogen-bond donors (Lipinski definition) is 2. The summed E-state index contributed by atoms with van der Waals surface area (Å²) in [4.78, 5) is 0.169. The quantitative estimate of drug-likeness (QED) is 0.819. The van der Waals surface area contributed by atoms with E-state index in [-0.39, 0.29) is 28.4 Å². The summed E-state index contributed by atoms with van der Waals surface area (Å²) in [6.45, 7) is 2.01. The van der Waals surface area contributed by atoms with Crippen molar-refractivity contribution in [3.05, 3.63) is 22.7 Å². The van der Waals surface area contributed by atoms with Crippen molar-refractivity contribution in [2.24, 2.45) is 11.7 Å². The number of sulfonamides is 1. The second-order valence-electron chi connectivity index (χ2n) is 5.05. The molecular formula is C13H20Cl2N2O3S. The minimum absolute atomic E-state index is 0. The molecule has 0 radical (unpaired) electrons. The first-order valence-electron chi connectivity index (χ1n) is 6.45. The summed E-state index contributed by atoms with van der Waals surface area (Å²) in [5.41, 5.74) is 6.23. The molecular weight excluding hydrogens is 335 g/mol. The van der Waals surface area contributed by atoms with E-state index in [2.05, 4.69) is 4.72 Å². The fourth-order valence-corrected chi connectivity index (χ4v) is 4.06. The summed E-state index contributed by atoms with van der Waals surface area (Å²) in [5, 5.41) is 0.272. The van der Waals surface area contributed by atoms with E-state index < -0.39 is 10.0 Å². The number of halogens is 2. The number of benzene rings is 1. The maximum atomic E-state index is 12.4. The highest BCUT2D eigenvalue weighted by Gasteiger charge is 2.34. The van der Waals surface area contributed by atoms with Gasteiger partial charge in [0.2, 0.25) is 10.0 Å². The second kappa shape index (κ2) is 7.15. The molecule has 0 aliphatic heterocycles. The molecule has 3 N–H and O–H groups in total. The first-order valence-corrected chi connectivity index (χ1v) is 8.31. The molecule has 5 nitrogen and oxygen atoms in total. The van der Waals surface area contributed by atoms with E-state index in [4.69, 9.17) is 22.1 Å². The zero-order chi connectivity index (χ0) is 14.9. The Morgan fingerprint density at radius 3 is 2.57 bits per heavy atom. The van der Waals surface area contributed by atoms with Crippen LogP contribution in [0.1, 0.15) is 18.4 Å². The first kappa shape index (κ1) is 18.5. The molecule has 1 aromatic rings. The van der Waals surface area contributed by atoms with Gasteiger partial charge in [0.15, 0.2) is 0 Å². The van der Waals surface area contributed by atoms with Crippen LogP contribution in [0.4, 0.5) is 0 Å². The fraction of sp³-hybridized carbons (Fsp3) is 0.538. The summed E-state index contributed by atoms with van der Waals surface area (Å²) in [6, 6.07) is 2.82. The van der Waals surface area contributed by atoms with Gasteiger partial charge in [0.25, 0.3) is 0 Å². The van der Waals surface area contributed by atoms with Crippen molar-refractivity contribution in [2.75, 3.05) is 13.7 Å². The largest absolute Gasteiger partial charge is 0.495 e. The maximum absolute atomic E-state index is 12.4. The average molecular weight is 355 g/mol. The number of nitrogens with two attached hydrogens (primary N) is 1. The summed E-state index contributed by atoms with van der Waals surface area (Å²) >= 11 is 6.01. The molecule has 0 saturated heterocycles. The summed E-state index contributed by atoms with van der Waals surface area (Å²) < 4.78 is 32.6. The molecule has 1 saturated carbocycles. The van der Waals surface area contributed by atoms with Crippen LogP contribution >= 0.6 is 24.0 Å². The molecule has 1 aliphatic carbocycles. The van der Waals surface area contributed by atoms with Gasteiger partial charge in [0.05, 0.1) is 17.0 Å². The number of aryl methyl sites for hydroxylation is 1. The third-order valence-electron chi connectivity index (χ3n) is 3.49. The van der Waals surface area contributed by atoms with Gasteiger partial charge in [-0.2, -0.15) is 0 Å². The molecule has 120 valence electrons. The topological polar surface area (TPSA) is 81.4 Å². The van der Waals surface area contributed by atoms with Crippen molar-refractivity contribution < 1.29 is 13.2 Å². The van der Waals surface area contributed by atoms with E-state index >= 15 is 0 Å². The lowest BCUT2D eigenvalue weighted by Gasteiger charge is -2.18. The van der Waals surface area contributed by atoms with Gasteiger partial charge in [0, 0.05) is 12.6 Å². The molecule has 1 unspecified atom stereocenters. The van der Waals surface area contributed by atoms with Crippen molar-refractivity contribution >= 4 is 34.0 Å². The third-order valence-corrected chi connectivity index (χ3v) is 5.42. The first-order chi connectivity index (χ1) is 9.39. The fourth-order valence-electron chi connectivity index (χ4n) is 2.18. The molecule has 0 aromatic heterocycles. The van der Waals surface area contributed by atoms with Crippen molar-refractivity contribution in [1.29, 1.82) is 0 Å². The van der Waals surface area contributed by atoms with Gasteiger partial charge in [-0.15, -0.1) is 12.4 Å². The number of nitrogens with one attached hydrogen (secondary N) is 1. The lowest BCUT2D eigenvalue weighted by atomic mass is 10.2. The van der Waals surface area contributed by atoms with Gasteiger partial charge in [0.1, 0.15) is 5.75 Å². The van der Waals surface area contributed by atoms with Crippen LogP contribution in [0, 0.1) is 12.8 Å². The minimum Gasteiger partial charge on any atom is -0.495 e. The molecule has 8 heteroatoms. The maximum Gasteiger partial charge on any atom is 0.241 e. The molecule has 0 bridgehead atoms. The van der Waals surface area contributed by atoms with E-state index in [9.17, 15) is 8.42 Å². The summed E-state index contributed by atoms with van der Waals surface area (Å²) in [6.07, 6.45) is 2.04. The van der Waals surface area contributed by atoms with Crippen LogP contribution in [-0.2, 0) is 10.0 Å². The number of hydrogen-bond acceptors (Lipinski definition) is 4. The highest BCUT2D eigenvalue weighted by atomic mass is 35.5. The van der Waals surface area contributed by atoms with E-state index in [1.165, 1.54) is 13.2 Å². The Labute approximate surface area is 136 Å². The predicted octanol–water partition coefficient (Wildman–Crippen LogP) is 2.09. The van der Waals surface area contributed by atoms with E-state index in [1.807, 2.05) is 0 Å². The summed E-state index contributed by atoms with van der Waals surface area (Å²) in [5.74, 6) is 0.810. The molecule has 2 rings (SSSR count). The third kappa shape index (κ3) is 4.23. The van der Waals surface area contributed by atoms with Crippen LogP contribution in [0.2, 0.25) is 5.02 Å². The van der Waals surface area contributed by atoms with Crippen molar-refractivity contribution in [3.63, 3.8) is 0 Å². The average Bonchev–Trinajstić information content (AvgIpc) is 3.22. The Kier molecular flexibility index (Phi) is 6.31. The van der Waals surface area contributed by atoms with Gasteiger partial charge in [-0.1, -0.05) is 11.6 Å². The number of ether oxygens (including phenoxy) is 1. The van der Waals surface area contributed by atoms with Crippen LogP contribution < -0.4 is 15.2 Å². The van der Waals surface area contributed by atoms with Crippen LogP contribution in [-0.4, -0.2) is 28.1 Å². The minimum atomic E-state index is -3.62. The van der Waals surface area contributed by atoms with Gasteiger partial charge >= 0.3 is 0 Å². The van der Waals surface area contributed by atoms with E-state index in [1.54, 1.807) is 13.0 Å². The van der Waals surface area contributed by atoms with Crippen LogP contribution in [0.25, 0.3) is 0 Å². The standard InChI is InChI=1S/C13H19ClN2O3S.ClH/c1-8-5-12(19-2)10(14)6-13(8)20(17,18)16-11(7-15)9-3-4-9;/h5-6,9,11,16H,3-4,7,15H2,1-2H3;1H. The van der Waals surface area contributed by atoms with Crippen molar-refractivity contribution in [3.8, 4) is 5.75 Å². The Balaban J connectivity index is 0.00000220. The van der Waals surface area contributed by atoms with Gasteiger partial charge in [-0.3, -0.25) is 0 Å². The molecule has 0 amide bonds. The molecule has 1 aromatic carbocycles. The zero-order valence-electron chi connectivity index (χ0n) is 11.9. The summed E-state index contributed by atoms with van der Waals surface area (Å²) in [7, 11) is -2.13. The van der Waals surface area contributed by atoms with Gasteiger partial charge in [-0.25, -0.2) is 13.1 Å². The molecule has 21 heavy (non-hydrogen) atoms. The SMILES string of the molecule is COc1cc(C)c(S(=O)(=O)NC(CN)C2CC2)cc1Cl.Cl. The smallest absolute Gasteiger partial charge is 0.241 e. The number of rotatable bonds is 6. The highest BCUT2D eigenvalue weighted by Crippen LogP contribution is 2.34. The Morgan fingerprint density at radius 1 is 1.48 bits per heavy atom. The lowest BCUT2D eigenvalue weighted by molar-refractivity contribution is 0.414. The van der Waals surface area contributed by atoms with Crippen LogP contribution in [0.15, 0.2) is 17.0 Å². The Morgan fingerprint density at radius 2 is 2.10 bits per heavy atom. The predicted molar refractivity (Wildman–Crippen MR) is 85.9 cm³/mol. The highest BCUT2D eigenvalue weighted by molar-refractivity contribution is 7.89. The Hall–Kier alpha value is -0.530. The lowest BCUT2D eigenvalue weighted by Crippen LogP contribution is -2.41. The van der Waals surface area contributed by atoms with Crippen molar-refractivity contribution in [2.45, 2.75) is 30.7 Å². The monoisotopic (exact) mass is 354 g/mol. The van der Waals surface area contributed by atoms with Gasteiger partial charge in [-0.05, 0) is 43.4 Å².